The number of nitro groups is 1. The second kappa shape index (κ2) is 5.40. The van der Waals surface area contributed by atoms with Crippen LogP contribution >= 0.6 is 11.6 Å². The van der Waals surface area contributed by atoms with Crippen LogP contribution in [0.15, 0.2) is 18.2 Å². The van der Waals surface area contributed by atoms with Gasteiger partial charge < -0.3 is 4.90 Å². The Hall–Kier alpha value is -1.62. The zero-order valence-corrected chi connectivity index (χ0v) is 12.3. The van der Waals surface area contributed by atoms with E-state index in [1.165, 1.54) is 12.1 Å². The fourth-order valence-corrected chi connectivity index (χ4v) is 2.88. The molecule has 1 aromatic carbocycles. The van der Waals surface area contributed by atoms with Crippen LogP contribution in [0.4, 0.5) is 5.69 Å². The highest BCUT2D eigenvalue weighted by Crippen LogP contribution is 2.33. The number of nitro benzene ring substituents is 1. The number of hydrogen-bond donors (Lipinski definition) is 0. The molecule has 20 heavy (non-hydrogen) atoms. The van der Waals surface area contributed by atoms with Gasteiger partial charge in [-0.25, -0.2) is 0 Å². The molecule has 0 spiro atoms. The molecule has 0 radical (unpaired) electrons. The Labute approximate surface area is 122 Å². The summed E-state index contributed by atoms with van der Waals surface area (Å²) < 4.78 is 0. The highest BCUT2D eigenvalue weighted by atomic mass is 35.5. The molecule has 1 heterocycles. The summed E-state index contributed by atoms with van der Waals surface area (Å²) in [5, 5.41) is 11.1. The maximum absolute atomic E-state index is 12.5. The van der Waals surface area contributed by atoms with Gasteiger partial charge >= 0.3 is 5.69 Å². The van der Waals surface area contributed by atoms with E-state index in [1.54, 1.807) is 11.0 Å². The molecular weight excluding hydrogens is 280 g/mol. The van der Waals surface area contributed by atoms with E-state index in [1.807, 2.05) is 0 Å². The maximum atomic E-state index is 12.5. The minimum absolute atomic E-state index is 0.00267. The van der Waals surface area contributed by atoms with Crippen LogP contribution in [0.1, 0.15) is 37.0 Å². The van der Waals surface area contributed by atoms with Crippen LogP contribution in [0.3, 0.4) is 0 Å². The van der Waals surface area contributed by atoms with Gasteiger partial charge in [-0.3, -0.25) is 14.9 Å². The Balaban J connectivity index is 2.34. The van der Waals surface area contributed by atoms with Crippen molar-refractivity contribution in [3.05, 3.63) is 38.9 Å². The fraction of sp³-hybridized carbons (Fsp3) is 0.500. The molecule has 0 atom stereocenters. The lowest BCUT2D eigenvalue weighted by Gasteiger charge is -2.38. The number of piperidine rings is 1. The van der Waals surface area contributed by atoms with Crippen molar-refractivity contribution >= 4 is 23.2 Å². The molecule has 108 valence electrons. The summed E-state index contributed by atoms with van der Waals surface area (Å²) in [5.74, 6) is -0.313. The minimum Gasteiger partial charge on any atom is -0.338 e. The minimum atomic E-state index is -0.593. The van der Waals surface area contributed by atoms with Gasteiger partial charge in [-0.2, -0.15) is 0 Å². The normalized spacial score (nSPS) is 17.9. The molecule has 0 saturated carbocycles. The van der Waals surface area contributed by atoms with Crippen LogP contribution in [0, 0.1) is 15.5 Å². The molecule has 0 unspecified atom stereocenters. The summed E-state index contributed by atoms with van der Waals surface area (Å²) in [7, 11) is 0. The predicted molar refractivity (Wildman–Crippen MR) is 77.0 cm³/mol. The molecule has 1 aliphatic heterocycles. The van der Waals surface area contributed by atoms with Crippen molar-refractivity contribution in [3.8, 4) is 0 Å². The van der Waals surface area contributed by atoms with E-state index in [0.29, 0.717) is 13.1 Å². The number of likely N-dealkylation sites (tertiary alicyclic amines) is 1. The van der Waals surface area contributed by atoms with Crippen molar-refractivity contribution in [3.63, 3.8) is 0 Å². The number of carbonyl (C=O) groups is 1. The molecule has 0 bridgehead atoms. The molecule has 1 saturated heterocycles. The number of carbonyl (C=O) groups excluding carboxylic acids is 1. The molecule has 1 amide bonds. The molecule has 1 fully saturated rings. The lowest BCUT2D eigenvalue weighted by atomic mass is 9.84. The van der Waals surface area contributed by atoms with Gasteiger partial charge in [0.25, 0.3) is 5.91 Å². The van der Waals surface area contributed by atoms with E-state index in [2.05, 4.69) is 13.8 Å². The first-order chi connectivity index (χ1) is 9.32. The van der Waals surface area contributed by atoms with Crippen molar-refractivity contribution < 1.29 is 9.72 Å². The number of para-hydroxylation sites is 1. The van der Waals surface area contributed by atoms with Crippen molar-refractivity contribution in [1.29, 1.82) is 0 Å². The number of hydrogen-bond acceptors (Lipinski definition) is 3. The number of amides is 1. The second-order valence-corrected chi connectivity index (χ2v) is 6.29. The van der Waals surface area contributed by atoms with Gasteiger partial charge in [-0.1, -0.05) is 31.5 Å². The average molecular weight is 297 g/mol. The third-order valence-electron chi connectivity index (χ3n) is 3.59. The number of halogens is 1. The summed E-state index contributed by atoms with van der Waals surface area (Å²) in [5.41, 5.74) is -0.191. The topological polar surface area (TPSA) is 63.5 Å². The number of rotatable bonds is 2. The van der Waals surface area contributed by atoms with Crippen molar-refractivity contribution in [1.82, 2.24) is 4.90 Å². The molecule has 0 N–H and O–H groups in total. The second-order valence-electron chi connectivity index (χ2n) is 5.89. The molecule has 0 aliphatic carbocycles. The molecule has 1 aromatic rings. The van der Waals surface area contributed by atoms with Gasteiger partial charge in [0.1, 0.15) is 10.6 Å². The standard InChI is InChI=1S/C14H17ClN2O3/c1-14(2)7-4-8-16(9-14)13(18)10-5-3-6-11(15)12(10)17(19)20/h3,5-6H,4,7-9H2,1-2H3. The maximum Gasteiger partial charge on any atom is 0.300 e. The van der Waals surface area contributed by atoms with Gasteiger partial charge in [0, 0.05) is 13.1 Å². The first-order valence-corrected chi connectivity index (χ1v) is 6.92. The predicted octanol–water partition coefficient (Wildman–Crippen LogP) is 3.51. The molecular formula is C14H17ClN2O3. The zero-order chi connectivity index (χ0) is 14.9. The van der Waals surface area contributed by atoms with Gasteiger partial charge in [-0.15, -0.1) is 0 Å². The SMILES string of the molecule is CC1(C)CCCN(C(=O)c2cccc(Cl)c2[N+](=O)[O-])C1. The fourth-order valence-electron chi connectivity index (χ4n) is 2.64. The zero-order valence-electron chi connectivity index (χ0n) is 11.6. The first-order valence-electron chi connectivity index (χ1n) is 6.54. The highest BCUT2D eigenvalue weighted by molar-refractivity contribution is 6.33. The van der Waals surface area contributed by atoms with Gasteiger partial charge in [0.2, 0.25) is 0 Å². The largest absolute Gasteiger partial charge is 0.338 e. The van der Waals surface area contributed by atoms with Crippen LogP contribution in [-0.4, -0.2) is 28.8 Å². The van der Waals surface area contributed by atoms with Gasteiger partial charge in [0.05, 0.1) is 4.92 Å². The van der Waals surface area contributed by atoms with Crippen LogP contribution in [0.25, 0.3) is 0 Å². The summed E-state index contributed by atoms with van der Waals surface area (Å²) in [4.78, 5) is 24.7. The van der Waals surface area contributed by atoms with E-state index < -0.39 is 4.92 Å². The Morgan fingerprint density at radius 2 is 2.15 bits per heavy atom. The Kier molecular flexibility index (Phi) is 3.99. The summed E-state index contributed by atoms with van der Waals surface area (Å²) in [6, 6.07) is 4.46. The highest BCUT2D eigenvalue weighted by Gasteiger charge is 2.33. The summed E-state index contributed by atoms with van der Waals surface area (Å²) >= 11 is 5.85. The lowest BCUT2D eigenvalue weighted by Crippen LogP contribution is -2.43. The van der Waals surface area contributed by atoms with Crippen LogP contribution < -0.4 is 0 Å². The molecule has 6 heteroatoms. The van der Waals surface area contributed by atoms with E-state index in [0.717, 1.165) is 12.8 Å². The van der Waals surface area contributed by atoms with Crippen LogP contribution in [0.5, 0.6) is 0 Å². The van der Waals surface area contributed by atoms with Crippen LogP contribution in [-0.2, 0) is 0 Å². The van der Waals surface area contributed by atoms with Crippen molar-refractivity contribution in [2.24, 2.45) is 5.41 Å². The van der Waals surface area contributed by atoms with E-state index >= 15 is 0 Å². The smallest absolute Gasteiger partial charge is 0.300 e. The number of nitrogens with zero attached hydrogens (tertiary/aromatic N) is 2. The third kappa shape index (κ3) is 2.93. The molecule has 1 aliphatic rings. The summed E-state index contributed by atoms with van der Waals surface area (Å²) in [6.07, 6.45) is 1.96. The van der Waals surface area contributed by atoms with Crippen LogP contribution in [0.2, 0.25) is 5.02 Å². The lowest BCUT2D eigenvalue weighted by molar-refractivity contribution is -0.385. The van der Waals surface area contributed by atoms with E-state index in [9.17, 15) is 14.9 Å². The Morgan fingerprint density at radius 1 is 1.45 bits per heavy atom. The van der Waals surface area contributed by atoms with Crippen molar-refractivity contribution in [2.75, 3.05) is 13.1 Å². The Morgan fingerprint density at radius 3 is 2.75 bits per heavy atom. The first kappa shape index (κ1) is 14.8. The molecule has 0 aromatic heterocycles. The van der Waals surface area contributed by atoms with Gasteiger partial charge in [-0.05, 0) is 30.4 Å². The van der Waals surface area contributed by atoms with E-state index in [-0.39, 0.29) is 27.6 Å². The molecule has 2 rings (SSSR count). The van der Waals surface area contributed by atoms with Crippen molar-refractivity contribution in [2.45, 2.75) is 26.7 Å². The molecule has 5 nitrogen and oxygen atoms in total. The average Bonchev–Trinajstić information content (AvgIpc) is 2.35. The summed E-state index contributed by atoms with van der Waals surface area (Å²) in [6.45, 7) is 5.43. The quantitative estimate of drug-likeness (QED) is 0.619. The monoisotopic (exact) mass is 296 g/mol. The Bertz CT molecular complexity index is 557. The van der Waals surface area contributed by atoms with E-state index in [4.69, 9.17) is 11.6 Å². The third-order valence-corrected chi connectivity index (χ3v) is 3.89. The van der Waals surface area contributed by atoms with Gasteiger partial charge in [0.15, 0.2) is 0 Å². The number of benzene rings is 1.